The summed E-state index contributed by atoms with van der Waals surface area (Å²) in [6.07, 6.45) is 13.9. The molecule has 2 rings (SSSR count). The molecule has 2 saturated carbocycles. The molecule has 0 heterocycles. The first-order valence-corrected chi connectivity index (χ1v) is 10.2. The van der Waals surface area contributed by atoms with E-state index in [4.69, 9.17) is 4.74 Å². The smallest absolute Gasteiger partial charge is 0.309 e. The zero-order valence-corrected chi connectivity index (χ0v) is 15.7. The van der Waals surface area contributed by atoms with E-state index in [9.17, 15) is 10.1 Å². The number of carbonyl (C=O) groups excluding carboxylic acids is 1. The predicted octanol–water partition coefficient (Wildman–Crippen LogP) is 5.78. The Kier molecular flexibility index (Phi) is 7.59. The van der Waals surface area contributed by atoms with Crippen molar-refractivity contribution in [3.63, 3.8) is 0 Å². The average molecular weight is 334 g/mol. The van der Waals surface area contributed by atoms with Crippen molar-refractivity contribution in [2.24, 2.45) is 17.3 Å². The van der Waals surface area contributed by atoms with Crippen LogP contribution in [0.5, 0.6) is 0 Å². The molecule has 136 valence electrons. The van der Waals surface area contributed by atoms with Crippen molar-refractivity contribution in [1.82, 2.24) is 0 Å². The second-order valence-electron chi connectivity index (χ2n) is 8.14. The summed E-state index contributed by atoms with van der Waals surface area (Å²) in [4.78, 5) is 12.5. The molecule has 2 aliphatic carbocycles. The van der Waals surface area contributed by atoms with Crippen LogP contribution in [0.25, 0.3) is 0 Å². The van der Waals surface area contributed by atoms with Gasteiger partial charge in [0.2, 0.25) is 0 Å². The highest BCUT2D eigenvalue weighted by Crippen LogP contribution is 2.43. The largest absolute Gasteiger partial charge is 0.462 e. The minimum atomic E-state index is -0.176. The number of unbranched alkanes of at least 4 members (excludes halogenated alkanes) is 1. The van der Waals surface area contributed by atoms with Crippen molar-refractivity contribution >= 4 is 5.97 Å². The van der Waals surface area contributed by atoms with Crippen molar-refractivity contribution in [1.29, 1.82) is 5.26 Å². The van der Waals surface area contributed by atoms with Gasteiger partial charge in [-0.3, -0.25) is 4.79 Å². The van der Waals surface area contributed by atoms with Crippen molar-refractivity contribution in [2.75, 3.05) is 0 Å². The van der Waals surface area contributed by atoms with Crippen LogP contribution in [0.2, 0.25) is 0 Å². The van der Waals surface area contributed by atoms with Crippen LogP contribution >= 0.6 is 0 Å². The molecule has 3 heteroatoms. The number of ether oxygens (including phenoxy) is 1. The molecule has 0 saturated heterocycles. The number of hydrogen-bond acceptors (Lipinski definition) is 3. The quantitative estimate of drug-likeness (QED) is 0.555. The molecule has 2 aliphatic rings. The fourth-order valence-corrected chi connectivity index (χ4v) is 4.55. The van der Waals surface area contributed by atoms with Gasteiger partial charge in [-0.2, -0.15) is 5.26 Å². The lowest BCUT2D eigenvalue weighted by Crippen LogP contribution is -2.33. The standard InChI is InChI=1S/C21H35NO2/c1-3-5-13-21(16-22)14-11-18(12-15-21)20(23)24-19-9-7-17(6-4-2)8-10-19/h17-19H,3-15H2,1-2H3. The molecule has 0 N–H and O–H groups in total. The maximum absolute atomic E-state index is 12.5. The topological polar surface area (TPSA) is 50.1 Å². The lowest BCUT2D eigenvalue weighted by atomic mass is 9.69. The first-order chi connectivity index (χ1) is 11.6. The molecule has 0 amide bonds. The summed E-state index contributed by atoms with van der Waals surface area (Å²) in [5.74, 6) is 0.881. The number of nitriles is 1. The van der Waals surface area contributed by atoms with Crippen LogP contribution in [-0.2, 0) is 9.53 Å². The summed E-state index contributed by atoms with van der Waals surface area (Å²) in [5, 5.41) is 9.56. The third kappa shape index (κ3) is 5.23. The Morgan fingerprint density at radius 2 is 1.75 bits per heavy atom. The molecule has 0 aliphatic heterocycles. The Labute approximate surface area is 148 Å². The lowest BCUT2D eigenvalue weighted by molar-refractivity contribution is -0.157. The highest BCUT2D eigenvalue weighted by atomic mass is 16.5. The third-order valence-corrected chi connectivity index (χ3v) is 6.30. The van der Waals surface area contributed by atoms with Gasteiger partial charge >= 0.3 is 5.97 Å². The molecule has 0 spiro atoms. The Morgan fingerprint density at radius 1 is 1.08 bits per heavy atom. The minimum absolute atomic E-state index is 0.0102. The molecule has 3 nitrogen and oxygen atoms in total. The third-order valence-electron chi connectivity index (χ3n) is 6.30. The van der Waals surface area contributed by atoms with Crippen LogP contribution in [0.4, 0.5) is 0 Å². The van der Waals surface area contributed by atoms with Crippen LogP contribution in [0.3, 0.4) is 0 Å². The monoisotopic (exact) mass is 333 g/mol. The predicted molar refractivity (Wildman–Crippen MR) is 96.3 cm³/mol. The van der Waals surface area contributed by atoms with Crippen LogP contribution in [-0.4, -0.2) is 12.1 Å². The van der Waals surface area contributed by atoms with Crippen molar-refractivity contribution in [3.05, 3.63) is 0 Å². The Morgan fingerprint density at radius 3 is 2.29 bits per heavy atom. The van der Waals surface area contributed by atoms with E-state index in [0.29, 0.717) is 0 Å². The van der Waals surface area contributed by atoms with Gasteiger partial charge in [-0.15, -0.1) is 0 Å². The molecular weight excluding hydrogens is 298 g/mol. The van der Waals surface area contributed by atoms with Gasteiger partial charge in [0.15, 0.2) is 0 Å². The van der Waals surface area contributed by atoms with E-state index in [0.717, 1.165) is 63.7 Å². The number of hydrogen-bond donors (Lipinski definition) is 0. The molecule has 0 aromatic carbocycles. The average Bonchev–Trinajstić information content (AvgIpc) is 2.62. The Balaban J connectivity index is 1.74. The van der Waals surface area contributed by atoms with Crippen LogP contribution < -0.4 is 0 Å². The minimum Gasteiger partial charge on any atom is -0.462 e. The fourth-order valence-electron chi connectivity index (χ4n) is 4.55. The molecule has 0 aromatic rings. The molecule has 0 aromatic heterocycles. The summed E-state index contributed by atoms with van der Waals surface area (Å²) >= 11 is 0. The summed E-state index contributed by atoms with van der Waals surface area (Å²) in [6.45, 7) is 4.42. The highest BCUT2D eigenvalue weighted by molar-refractivity contribution is 5.72. The van der Waals surface area contributed by atoms with Gasteiger partial charge in [-0.1, -0.05) is 39.5 Å². The van der Waals surface area contributed by atoms with E-state index in [1.54, 1.807) is 0 Å². The Hall–Kier alpha value is -1.04. The van der Waals surface area contributed by atoms with Gasteiger partial charge in [-0.05, 0) is 63.7 Å². The Bertz CT molecular complexity index is 424. The second kappa shape index (κ2) is 9.44. The molecule has 2 fully saturated rings. The molecule has 0 unspecified atom stereocenters. The summed E-state index contributed by atoms with van der Waals surface area (Å²) in [6, 6.07) is 2.56. The van der Waals surface area contributed by atoms with Crippen LogP contribution in [0, 0.1) is 28.6 Å². The molecule has 0 bridgehead atoms. The van der Waals surface area contributed by atoms with Gasteiger partial charge in [0.25, 0.3) is 0 Å². The SMILES string of the molecule is CCCCC1(C#N)CCC(C(=O)OC2CCC(CCC)CC2)CC1. The normalized spacial score (nSPS) is 33.6. The first-order valence-electron chi connectivity index (χ1n) is 10.2. The van der Waals surface area contributed by atoms with E-state index in [1.165, 1.54) is 25.7 Å². The van der Waals surface area contributed by atoms with Gasteiger partial charge in [0, 0.05) is 0 Å². The number of nitrogens with zero attached hydrogens (tertiary/aromatic N) is 1. The molecule has 0 atom stereocenters. The van der Waals surface area contributed by atoms with Gasteiger partial charge in [0.1, 0.15) is 6.10 Å². The number of carbonyl (C=O) groups is 1. The zero-order chi connectivity index (χ0) is 17.4. The van der Waals surface area contributed by atoms with Crippen molar-refractivity contribution < 1.29 is 9.53 Å². The molecule has 0 radical (unpaired) electrons. The molecular formula is C21H35NO2. The van der Waals surface area contributed by atoms with Crippen molar-refractivity contribution in [2.45, 2.75) is 103 Å². The fraction of sp³-hybridized carbons (Fsp3) is 0.905. The summed E-state index contributed by atoms with van der Waals surface area (Å²) in [7, 11) is 0. The summed E-state index contributed by atoms with van der Waals surface area (Å²) < 4.78 is 5.82. The maximum Gasteiger partial charge on any atom is 0.309 e. The van der Waals surface area contributed by atoms with E-state index >= 15 is 0 Å². The van der Waals surface area contributed by atoms with Gasteiger partial charge in [-0.25, -0.2) is 0 Å². The second-order valence-corrected chi connectivity index (χ2v) is 8.14. The van der Waals surface area contributed by atoms with E-state index < -0.39 is 0 Å². The number of esters is 1. The van der Waals surface area contributed by atoms with E-state index in [-0.39, 0.29) is 23.4 Å². The van der Waals surface area contributed by atoms with Crippen molar-refractivity contribution in [3.8, 4) is 6.07 Å². The maximum atomic E-state index is 12.5. The first kappa shape index (κ1) is 19.3. The zero-order valence-electron chi connectivity index (χ0n) is 15.7. The van der Waals surface area contributed by atoms with Crippen LogP contribution in [0.15, 0.2) is 0 Å². The number of rotatable bonds is 7. The molecule has 24 heavy (non-hydrogen) atoms. The van der Waals surface area contributed by atoms with Crippen LogP contribution in [0.1, 0.15) is 97.3 Å². The van der Waals surface area contributed by atoms with Gasteiger partial charge < -0.3 is 4.74 Å². The lowest BCUT2D eigenvalue weighted by Gasteiger charge is -2.35. The summed E-state index contributed by atoms with van der Waals surface area (Å²) in [5.41, 5.74) is -0.176. The van der Waals surface area contributed by atoms with E-state index in [2.05, 4.69) is 19.9 Å². The highest BCUT2D eigenvalue weighted by Gasteiger charge is 2.38. The van der Waals surface area contributed by atoms with Gasteiger partial charge in [0.05, 0.1) is 17.4 Å². The van der Waals surface area contributed by atoms with E-state index in [1.807, 2.05) is 0 Å².